The van der Waals surface area contributed by atoms with Crippen LogP contribution in [0.5, 0.6) is 0 Å². The lowest BCUT2D eigenvalue weighted by Crippen LogP contribution is -2.42. The summed E-state index contributed by atoms with van der Waals surface area (Å²) >= 11 is 0. The van der Waals surface area contributed by atoms with Crippen molar-refractivity contribution in [2.24, 2.45) is 7.05 Å². The number of aromatic nitrogens is 3. The van der Waals surface area contributed by atoms with Crippen molar-refractivity contribution in [1.29, 1.82) is 0 Å². The van der Waals surface area contributed by atoms with Gasteiger partial charge in [-0.05, 0) is 153 Å². The maximum Gasteiger partial charge on any atom is 0.329 e. The number of aryl methyl sites for hydroxylation is 3. The number of imidazole rings is 1. The summed E-state index contributed by atoms with van der Waals surface area (Å²) in [5.74, 6) is -0.209. The highest BCUT2D eigenvalue weighted by molar-refractivity contribution is 5.99. The van der Waals surface area contributed by atoms with Gasteiger partial charge in [-0.25, -0.2) is 4.79 Å². The molecule has 2 aliphatic rings. The number of rotatable bonds is 9. The van der Waals surface area contributed by atoms with Crippen molar-refractivity contribution in [3.63, 3.8) is 0 Å². The predicted octanol–water partition coefficient (Wildman–Crippen LogP) is 5.52. The van der Waals surface area contributed by atoms with Gasteiger partial charge in [0, 0.05) is 60.8 Å². The molecular formula is C40H55N7O3. The maximum absolute atomic E-state index is 14.1. The number of aromatic amines is 1. The lowest BCUT2D eigenvalue weighted by Gasteiger charge is -2.40. The van der Waals surface area contributed by atoms with Crippen LogP contribution in [0.2, 0.25) is 0 Å². The van der Waals surface area contributed by atoms with Crippen LogP contribution in [0.4, 0.5) is 5.69 Å². The summed E-state index contributed by atoms with van der Waals surface area (Å²) < 4.78 is 3.76. The highest BCUT2D eigenvalue weighted by Gasteiger charge is 2.29. The number of carbonyl (C=O) groups excluding carboxylic acids is 1. The molecule has 0 radical (unpaired) electrons. The number of piperidine rings is 1. The third-order valence-electron chi connectivity index (χ3n) is 11.5. The van der Waals surface area contributed by atoms with E-state index in [9.17, 15) is 14.4 Å². The van der Waals surface area contributed by atoms with E-state index in [1.165, 1.54) is 0 Å². The van der Waals surface area contributed by atoms with E-state index >= 15 is 0 Å². The Morgan fingerprint density at radius 2 is 1.56 bits per heavy atom. The molecule has 2 aromatic heterocycles. The summed E-state index contributed by atoms with van der Waals surface area (Å²) in [4.78, 5) is 50.5. The van der Waals surface area contributed by atoms with Crippen molar-refractivity contribution in [2.45, 2.75) is 90.9 Å². The quantitative estimate of drug-likeness (QED) is 0.242. The Labute approximate surface area is 296 Å². The number of carbonyl (C=O) groups is 1. The Morgan fingerprint density at radius 1 is 0.880 bits per heavy atom. The van der Waals surface area contributed by atoms with Gasteiger partial charge in [-0.2, -0.15) is 0 Å². The third-order valence-corrected chi connectivity index (χ3v) is 11.5. The first-order chi connectivity index (χ1) is 23.9. The zero-order valence-corrected chi connectivity index (χ0v) is 31.2. The summed E-state index contributed by atoms with van der Waals surface area (Å²) in [6, 6.07) is 13.6. The SMILES string of the molecule is CCN(c1cc(-c2ccc3c(c2)n(C)c(=O)n3C2CCN(C)CC2)cc(C(=O)NCc2c(C)cc(C)[nH]c2=O)c1C)C1CCC(N(C)C)CC1. The molecular weight excluding hydrogens is 626 g/mol. The van der Waals surface area contributed by atoms with Crippen molar-refractivity contribution in [3.8, 4) is 11.1 Å². The van der Waals surface area contributed by atoms with Crippen LogP contribution < -0.4 is 21.5 Å². The van der Waals surface area contributed by atoms with Gasteiger partial charge in [0.1, 0.15) is 0 Å². The molecule has 10 heteroatoms. The van der Waals surface area contributed by atoms with E-state index in [0.29, 0.717) is 23.2 Å². The van der Waals surface area contributed by atoms with Gasteiger partial charge in [0.05, 0.1) is 11.0 Å². The van der Waals surface area contributed by atoms with Gasteiger partial charge in [0.25, 0.3) is 11.5 Å². The minimum atomic E-state index is -0.209. The number of hydrogen-bond acceptors (Lipinski definition) is 6. The van der Waals surface area contributed by atoms with E-state index in [0.717, 1.165) is 103 Å². The maximum atomic E-state index is 14.1. The van der Waals surface area contributed by atoms with Crippen molar-refractivity contribution in [1.82, 2.24) is 29.2 Å². The number of pyridine rings is 1. The molecule has 1 aliphatic carbocycles. The summed E-state index contributed by atoms with van der Waals surface area (Å²) in [6.07, 6.45) is 6.38. The van der Waals surface area contributed by atoms with Crippen LogP contribution in [0.3, 0.4) is 0 Å². The highest BCUT2D eigenvalue weighted by Crippen LogP contribution is 2.37. The van der Waals surface area contributed by atoms with E-state index in [2.05, 4.69) is 77.3 Å². The van der Waals surface area contributed by atoms with Crippen LogP contribution in [-0.2, 0) is 13.6 Å². The second-order valence-electron chi connectivity index (χ2n) is 15.0. The number of anilines is 1. The van der Waals surface area contributed by atoms with E-state index < -0.39 is 0 Å². The number of hydrogen-bond donors (Lipinski definition) is 2. The lowest BCUT2D eigenvalue weighted by molar-refractivity contribution is 0.0950. The number of benzene rings is 2. The van der Waals surface area contributed by atoms with Crippen LogP contribution in [0.25, 0.3) is 22.2 Å². The number of fused-ring (bicyclic) bond motifs is 1. The molecule has 1 saturated carbocycles. The molecule has 10 nitrogen and oxygen atoms in total. The average molecular weight is 682 g/mol. The van der Waals surface area contributed by atoms with Crippen LogP contribution in [-0.4, -0.2) is 82.7 Å². The fourth-order valence-corrected chi connectivity index (χ4v) is 8.43. The Balaban J connectivity index is 1.41. The van der Waals surface area contributed by atoms with Gasteiger partial charge in [-0.1, -0.05) is 6.07 Å². The van der Waals surface area contributed by atoms with Crippen LogP contribution >= 0.6 is 0 Å². The zero-order chi connectivity index (χ0) is 35.9. The minimum Gasteiger partial charge on any atom is -0.369 e. The molecule has 3 heterocycles. The first kappa shape index (κ1) is 35.7. The molecule has 6 rings (SSSR count). The lowest BCUT2D eigenvalue weighted by atomic mass is 9.88. The minimum absolute atomic E-state index is 0.0169. The Morgan fingerprint density at radius 3 is 2.20 bits per heavy atom. The smallest absolute Gasteiger partial charge is 0.329 e. The van der Waals surface area contributed by atoms with E-state index in [1.54, 1.807) is 4.57 Å². The molecule has 4 aromatic rings. The fraction of sp³-hybridized carbons (Fsp3) is 0.525. The molecule has 1 amide bonds. The van der Waals surface area contributed by atoms with Crippen molar-refractivity contribution >= 4 is 22.6 Å². The average Bonchev–Trinajstić information content (AvgIpc) is 3.34. The largest absolute Gasteiger partial charge is 0.369 e. The Bertz CT molecular complexity index is 1990. The molecule has 0 spiro atoms. The molecule has 1 saturated heterocycles. The summed E-state index contributed by atoms with van der Waals surface area (Å²) in [5.41, 5.74) is 8.38. The van der Waals surface area contributed by atoms with Crippen molar-refractivity contribution in [3.05, 3.63) is 85.2 Å². The topological polar surface area (TPSA) is 98.6 Å². The molecule has 0 bridgehead atoms. The van der Waals surface area contributed by atoms with Gasteiger partial charge < -0.3 is 25.0 Å². The van der Waals surface area contributed by atoms with Gasteiger partial charge in [0.15, 0.2) is 0 Å². The second-order valence-corrected chi connectivity index (χ2v) is 15.0. The van der Waals surface area contributed by atoms with Gasteiger partial charge >= 0.3 is 5.69 Å². The monoisotopic (exact) mass is 681 g/mol. The standard InChI is InChI=1S/C40H55N7O3/c1-9-46(31-13-11-30(12-14-31)43(5)6)36-23-29(21-33(27(36)4)38(48)41-24-34-25(2)20-26(3)42-39(34)49)28-10-15-35-37(22-28)45(8)40(50)47(35)32-16-18-44(7)19-17-32/h10,15,20-23,30-32H,9,11-14,16-19,24H2,1-8H3,(H,41,48)(H,42,49). The predicted molar refractivity (Wildman–Crippen MR) is 204 cm³/mol. The van der Waals surface area contributed by atoms with Crippen molar-refractivity contribution in [2.75, 3.05) is 45.7 Å². The van der Waals surface area contributed by atoms with Gasteiger partial charge in [-0.3, -0.25) is 18.7 Å². The van der Waals surface area contributed by atoms with Gasteiger partial charge in [0.2, 0.25) is 0 Å². The van der Waals surface area contributed by atoms with Crippen LogP contribution in [0.1, 0.15) is 84.2 Å². The molecule has 0 unspecified atom stereocenters. The van der Waals surface area contributed by atoms with Crippen LogP contribution in [0.15, 0.2) is 46.0 Å². The van der Waals surface area contributed by atoms with E-state index in [4.69, 9.17) is 0 Å². The number of H-pyrrole nitrogens is 1. The van der Waals surface area contributed by atoms with E-state index in [-0.39, 0.29) is 29.7 Å². The summed E-state index contributed by atoms with van der Waals surface area (Å²) in [6.45, 7) is 10.9. The number of nitrogens with one attached hydrogen (secondary N) is 2. The summed E-state index contributed by atoms with van der Waals surface area (Å²) in [7, 11) is 8.33. The number of amides is 1. The molecule has 2 N–H and O–H groups in total. The van der Waals surface area contributed by atoms with Gasteiger partial charge in [-0.15, -0.1) is 0 Å². The zero-order valence-electron chi connectivity index (χ0n) is 31.2. The highest BCUT2D eigenvalue weighted by atomic mass is 16.2. The molecule has 0 atom stereocenters. The van der Waals surface area contributed by atoms with E-state index in [1.807, 2.05) is 44.5 Å². The normalized spacial score (nSPS) is 19.0. The van der Waals surface area contributed by atoms with Crippen LogP contribution in [0, 0.1) is 20.8 Å². The number of nitrogens with zero attached hydrogens (tertiary/aromatic N) is 5. The molecule has 1 aliphatic heterocycles. The fourth-order valence-electron chi connectivity index (χ4n) is 8.43. The Hall–Kier alpha value is -4.15. The third kappa shape index (κ3) is 6.92. The molecule has 268 valence electrons. The molecule has 2 aromatic carbocycles. The summed E-state index contributed by atoms with van der Waals surface area (Å²) in [5, 5.41) is 3.07. The first-order valence-electron chi connectivity index (χ1n) is 18.3. The number of likely N-dealkylation sites (tertiary alicyclic amines) is 1. The van der Waals surface area contributed by atoms with Crippen molar-refractivity contribution < 1.29 is 4.79 Å². The Kier molecular flexibility index (Phi) is 10.4. The first-order valence-corrected chi connectivity index (χ1v) is 18.3. The second kappa shape index (κ2) is 14.6. The molecule has 2 fully saturated rings. The molecule has 50 heavy (non-hydrogen) atoms.